The van der Waals surface area contributed by atoms with Gasteiger partial charge < -0.3 is 4.90 Å². The van der Waals surface area contributed by atoms with E-state index in [0.29, 0.717) is 6.54 Å². The van der Waals surface area contributed by atoms with E-state index in [4.69, 9.17) is 10.5 Å². The van der Waals surface area contributed by atoms with Gasteiger partial charge in [-0.15, -0.1) is 0 Å². The van der Waals surface area contributed by atoms with Crippen molar-refractivity contribution in [3.8, 4) is 0 Å². The van der Waals surface area contributed by atoms with E-state index in [1.165, 1.54) is 5.56 Å². The molecule has 6 nitrogen and oxygen atoms in total. The molecule has 0 fully saturated rings. The molecule has 0 saturated heterocycles. The Morgan fingerprint density at radius 3 is 2.75 bits per heavy atom. The fraction of sp³-hybridized carbons (Fsp3) is 0.333. The average Bonchev–Trinajstić information content (AvgIpc) is 2.60. The molecule has 0 radical (unpaired) electrons. The van der Waals surface area contributed by atoms with Crippen LogP contribution in [0.15, 0.2) is 58.9 Å². The molecule has 0 amide bonds. The van der Waals surface area contributed by atoms with Gasteiger partial charge in [0.1, 0.15) is 6.17 Å². The van der Waals surface area contributed by atoms with Gasteiger partial charge in [0.2, 0.25) is 0 Å². The quantitative estimate of drug-likeness (QED) is 0.482. The third-order valence-electron chi connectivity index (χ3n) is 4.13. The van der Waals surface area contributed by atoms with Crippen molar-refractivity contribution in [2.24, 2.45) is 16.0 Å². The lowest BCUT2D eigenvalue weighted by atomic mass is 10.0. The predicted octanol–water partition coefficient (Wildman–Crippen LogP) is 2.62. The molecule has 2 aromatic rings. The highest BCUT2D eigenvalue weighted by molar-refractivity contribution is 5.27. The number of benzene rings is 1. The van der Waals surface area contributed by atoms with Crippen molar-refractivity contribution in [1.29, 1.82) is 0 Å². The monoisotopic (exact) mass is 320 g/mol. The first kappa shape index (κ1) is 16.0. The Labute approximate surface area is 140 Å². The van der Waals surface area contributed by atoms with Crippen LogP contribution in [0.1, 0.15) is 19.4 Å². The molecule has 1 aliphatic rings. The van der Waals surface area contributed by atoms with Crippen LogP contribution in [0.5, 0.6) is 0 Å². The highest BCUT2D eigenvalue weighted by Crippen LogP contribution is 2.21. The fourth-order valence-corrected chi connectivity index (χ4v) is 2.89. The SMILES string of the molecule is CC(C)C(N=[N+]=[N-])C1N=c2cnccc2=CN1Cc1ccccc1. The van der Waals surface area contributed by atoms with Crippen molar-refractivity contribution in [2.45, 2.75) is 32.6 Å². The van der Waals surface area contributed by atoms with Gasteiger partial charge >= 0.3 is 0 Å². The summed E-state index contributed by atoms with van der Waals surface area (Å²) in [5.41, 5.74) is 10.2. The number of azide groups is 1. The van der Waals surface area contributed by atoms with E-state index in [0.717, 1.165) is 10.6 Å². The van der Waals surface area contributed by atoms with E-state index in [2.05, 4.69) is 38.2 Å². The topological polar surface area (TPSA) is 77.2 Å². The predicted molar refractivity (Wildman–Crippen MR) is 93.0 cm³/mol. The zero-order valence-corrected chi connectivity index (χ0v) is 13.8. The number of nitrogens with zero attached hydrogens (tertiary/aromatic N) is 6. The Morgan fingerprint density at radius 1 is 1.25 bits per heavy atom. The molecule has 0 bridgehead atoms. The lowest BCUT2D eigenvalue weighted by Gasteiger charge is -2.35. The summed E-state index contributed by atoms with van der Waals surface area (Å²) in [5, 5.41) is 5.88. The Kier molecular flexibility index (Phi) is 4.77. The van der Waals surface area contributed by atoms with Crippen LogP contribution < -0.4 is 10.6 Å². The molecule has 0 aliphatic carbocycles. The second-order valence-corrected chi connectivity index (χ2v) is 6.20. The molecule has 3 rings (SSSR count). The van der Waals surface area contributed by atoms with Gasteiger partial charge in [0.15, 0.2) is 0 Å². The first-order chi connectivity index (χ1) is 11.7. The summed E-state index contributed by atoms with van der Waals surface area (Å²) >= 11 is 0. The van der Waals surface area contributed by atoms with Gasteiger partial charge in [0.25, 0.3) is 0 Å². The third-order valence-corrected chi connectivity index (χ3v) is 4.13. The summed E-state index contributed by atoms with van der Waals surface area (Å²) in [6.45, 7) is 4.81. The molecular formula is C18H20N6. The second-order valence-electron chi connectivity index (χ2n) is 6.20. The van der Waals surface area contributed by atoms with Crippen LogP contribution in [0, 0.1) is 5.92 Å². The molecule has 2 atom stereocenters. The molecule has 1 aliphatic heterocycles. The van der Waals surface area contributed by atoms with Crippen LogP contribution in [0.25, 0.3) is 16.6 Å². The molecule has 0 spiro atoms. The summed E-state index contributed by atoms with van der Waals surface area (Å²) in [6, 6.07) is 11.9. The number of pyridine rings is 1. The minimum absolute atomic E-state index is 0.180. The first-order valence-electron chi connectivity index (χ1n) is 8.02. The molecular weight excluding hydrogens is 300 g/mol. The number of aromatic nitrogens is 1. The van der Waals surface area contributed by atoms with Crippen LogP contribution in [0.2, 0.25) is 0 Å². The molecule has 6 heteroatoms. The standard InChI is InChI=1S/C18H20N6/c1-13(2)17(22-23-19)18-21-16-10-20-9-8-15(16)12-24(18)11-14-6-4-3-5-7-14/h3-10,12-13,17-18H,11H2,1-2H3. The number of hydrogen-bond donors (Lipinski definition) is 0. The number of hydrogen-bond acceptors (Lipinski definition) is 4. The van der Waals surface area contributed by atoms with E-state index in [1.54, 1.807) is 12.4 Å². The van der Waals surface area contributed by atoms with Crippen LogP contribution in [0.4, 0.5) is 0 Å². The maximum atomic E-state index is 8.96. The number of fused-ring (bicyclic) bond motifs is 1. The van der Waals surface area contributed by atoms with E-state index in [1.807, 2.05) is 38.1 Å². The molecule has 24 heavy (non-hydrogen) atoms. The molecule has 122 valence electrons. The molecule has 1 aromatic carbocycles. The van der Waals surface area contributed by atoms with Crippen molar-refractivity contribution in [2.75, 3.05) is 0 Å². The number of rotatable bonds is 5. The smallest absolute Gasteiger partial charge is 0.130 e. The molecule has 1 aromatic heterocycles. The van der Waals surface area contributed by atoms with Crippen LogP contribution in [-0.2, 0) is 6.54 Å². The minimum atomic E-state index is -0.247. The summed E-state index contributed by atoms with van der Waals surface area (Å²) in [7, 11) is 0. The summed E-state index contributed by atoms with van der Waals surface area (Å²) in [6.07, 6.45) is 5.37. The van der Waals surface area contributed by atoms with Gasteiger partial charge in [-0.1, -0.05) is 49.3 Å². The molecule has 2 unspecified atom stereocenters. The van der Waals surface area contributed by atoms with Crippen molar-refractivity contribution in [3.05, 3.63) is 75.4 Å². The van der Waals surface area contributed by atoms with Crippen molar-refractivity contribution in [3.63, 3.8) is 0 Å². The Bertz CT molecular complexity index is 855. The van der Waals surface area contributed by atoms with E-state index in [-0.39, 0.29) is 18.1 Å². The summed E-state index contributed by atoms with van der Waals surface area (Å²) < 4.78 is 0. The summed E-state index contributed by atoms with van der Waals surface area (Å²) in [4.78, 5) is 14.2. The first-order valence-corrected chi connectivity index (χ1v) is 8.02. The second kappa shape index (κ2) is 7.15. The Balaban J connectivity index is 2.05. The normalized spacial score (nSPS) is 17.3. The molecule has 0 N–H and O–H groups in total. The van der Waals surface area contributed by atoms with Crippen molar-refractivity contribution < 1.29 is 0 Å². The third kappa shape index (κ3) is 3.39. The van der Waals surface area contributed by atoms with Gasteiger partial charge in [-0.25, -0.2) is 0 Å². The summed E-state index contributed by atoms with van der Waals surface area (Å²) in [5.74, 6) is 0.180. The average molecular weight is 320 g/mol. The fourth-order valence-electron chi connectivity index (χ4n) is 2.89. The van der Waals surface area contributed by atoms with E-state index >= 15 is 0 Å². The highest BCUT2D eigenvalue weighted by Gasteiger charge is 2.29. The lowest BCUT2D eigenvalue weighted by Crippen LogP contribution is -2.48. The molecule has 2 heterocycles. The Morgan fingerprint density at radius 2 is 2.04 bits per heavy atom. The van der Waals surface area contributed by atoms with Gasteiger partial charge in [0, 0.05) is 29.1 Å². The van der Waals surface area contributed by atoms with Crippen LogP contribution in [-0.4, -0.2) is 22.1 Å². The highest BCUT2D eigenvalue weighted by atomic mass is 15.3. The van der Waals surface area contributed by atoms with Gasteiger partial charge in [0.05, 0.1) is 17.6 Å². The van der Waals surface area contributed by atoms with E-state index in [9.17, 15) is 0 Å². The van der Waals surface area contributed by atoms with Gasteiger partial charge in [-0.2, -0.15) is 0 Å². The van der Waals surface area contributed by atoms with Gasteiger partial charge in [-0.05, 0) is 23.1 Å². The zero-order chi connectivity index (χ0) is 16.9. The lowest BCUT2D eigenvalue weighted by molar-refractivity contribution is 0.224. The minimum Gasteiger partial charge on any atom is -0.351 e. The van der Waals surface area contributed by atoms with E-state index < -0.39 is 0 Å². The Hall–Kier alpha value is -2.85. The van der Waals surface area contributed by atoms with Crippen molar-refractivity contribution in [1.82, 2.24) is 9.88 Å². The van der Waals surface area contributed by atoms with Crippen LogP contribution >= 0.6 is 0 Å². The van der Waals surface area contributed by atoms with Crippen LogP contribution in [0.3, 0.4) is 0 Å². The van der Waals surface area contributed by atoms with Crippen molar-refractivity contribution >= 4 is 6.20 Å². The maximum Gasteiger partial charge on any atom is 0.130 e. The maximum absolute atomic E-state index is 8.96. The largest absolute Gasteiger partial charge is 0.351 e. The van der Waals surface area contributed by atoms with Gasteiger partial charge in [-0.3, -0.25) is 9.98 Å². The zero-order valence-electron chi connectivity index (χ0n) is 13.8. The molecule has 0 saturated carbocycles.